The number of fused-ring (bicyclic) bond motifs is 2. The second kappa shape index (κ2) is 6.95. The molecule has 140 valence electrons. The van der Waals surface area contributed by atoms with Gasteiger partial charge in [0.2, 0.25) is 12.7 Å². The van der Waals surface area contributed by atoms with Crippen LogP contribution in [0.3, 0.4) is 0 Å². The summed E-state index contributed by atoms with van der Waals surface area (Å²) in [6, 6.07) is 8.61. The van der Waals surface area contributed by atoms with E-state index in [0.717, 1.165) is 9.71 Å². The fourth-order valence-electron chi connectivity index (χ4n) is 2.61. The highest BCUT2D eigenvalue weighted by atomic mass is 32.2. The van der Waals surface area contributed by atoms with E-state index in [2.05, 4.69) is 15.5 Å². The number of benzene rings is 1. The molecule has 0 fully saturated rings. The minimum absolute atomic E-state index is 0.160. The Morgan fingerprint density at radius 2 is 2.04 bits per heavy atom. The standard InChI is InChI=1S/C17H17N5O4S/c1-10(2)27-16-6-5-14-19-21(17(24)22(14)20-16)8-15(23)18-11-3-4-12-13(7-11)26-9-25-12/h3-7,10H,8-9H2,1-2H3,(H,18,23). The van der Waals surface area contributed by atoms with E-state index in [1.807, 2.05) is 19.9 Å². The fraction of sp³-hybridized carbons (Fsp3) is 0.294. The molecular formula is C17H17N5O4S. The Kier molecular flexibility index (Phi) is 4.48. The lowest BCUT2D eigenvalue weighted by Crippen LogP contribution is -2.28. The van der Waals surface area contributed by atoms with Crippen LogP contribution in [0.5, 0.6) is 11.5 Å². The quantitative estimate of drug-likeness (QED) is 0.666. The smallest absolute Gasteiger partial charge is 0.367 e. The molecule has 0 atom stereocenters. The van der Waals surface area contributed by atoms with Crippen molar-refractivity contribution >= 4 is 29.0 Å². The van der Waals surface area contributed by atoms with E-state index in [1.165, 1.54) is 4.52 Å². The van der Waals surface area contributed by atoms with Crippen LogP contribution in [0.1, 0.15) is 13.8 Å². The number of amides is 1. The monoisotopic (exact) mass is 387 g/mol. The zero-order valence-electron chi connectivity index (χ0n) is 14.7. The van der Waals surface area contributed by atoms with Gasteiger partial charge in [-0.15, -0.1) is 16.9 Å². The summed E-state index contributed by atoms with van der Waals surface area (Å²) in [6.45, 7) is 4.03. The van der Waals surface area contributed by atoms with Crippen LogP contribution in [-0.4, -0.2) is 37.3 Å². The molecule has 0 saturated heterocycles. The van der Waals surface area contributed by atoms with Crippen molar-refractivity contribution in [2.75, 3.05) is 12.1 Å². The van der Waals surface area contributed by atoms with Gasteiger partial charge >= 0.3 is 5.69 Å². The Bertz CT molecular complexity index is 1070. The summed E-state index contributed by atoms with van der Waals surface area (Å²) in [5, 5.41) is 12.2. The summed E-state index contributed by atoms with van der Waals surface area (Å²) in [7, 11) is 0. The first kappa shape index (κ1) is 17.4. The van der Waals surface area contributed by atoms with Crippen molar-refractivity contribution in [2.45, 2.75) is 30.7 Å². The minimum atomic E-state index is -0.461. The van der Waals surface area contributed by atoms with Gasteiger partial charge in [-0.05, 0) is 24.3 Å². The lowest BCUT2D eigenvalue weighted by Gasteiger charge is -2.05. The van der Waals surface area contributed by atoms with Crippen molar-refractivity contribution in [3.63, 3.8) is 0 Å². The van der Waals surface area contributed by atoms with Gasteiger partial charge in [0.15, 0.2) is 17.1 Å². The molecule has 1 aliphatic rings. The second-order valence-corrected chi connectivity index (χ2v) is 7.76. The zero-order chi connectivity index (χ0) is 19.0. The van der Waals surface area contributed by atoms with E-state index in [1.54, 1.807) is 36.0 Å². The number of ether oxygens (including phenoxy) is 2. The van der Waals surface area contributed by atoms with Crippen molar-refractivity contribution in [3.05, 3.63) is 40.8 Å². The molecule has 1 amide bonds. The number of thioether (sulfide) groups is 1. The third-order valence-electron chi connectivity index (χ3n) is 3.72. The molecule has 2 aromatic heterocycles. The van der Waals surface area contributed by atoms with Gasteiger partial charge in [-0.3, -0.25) is 4.79 Å². The topological polar surface area (TPSA) is 99.8 Å². The van der Waals surface area contributed by atoms with Gasteiger partial charge in [0, 0.05) is 17.0 Å². The highest BCUT2D eigenvalue weighted by Gasteiger charge is 2.16. The summed E-state index contributed by atoms with van der Waals surface area (Å²) in [4.78, 5) is 24.8. The predicted molar refractivity (Wildman–Crippen MR) is 99.4 cm³/mol. The van der Waals surface area contributed by atoms with Gasteiger partial charge in [-0.25, -0.2) is 9.48 Å². The highest BCUT2D eigenvalue weighted by molar-refractivity contribution is 7.99. The molecule has 3 heterocycles. The Morgan fingerprint density at radius 1 is 1.22 bits per heavy atom. The molecule has 10 heteroatoms. The van der Waals surface area contributed by atoms with Crippen molar-refractivity contribution in [1.82, 2.24) is 19.4 Å². The third-order valence-corrected chi connectivity index (χ3v) is 4.65. The molecule has 0 radical (unpaired) electrons. The number of anilines is 1. The Hall–Kier alpha value is -3.01. The number of aromatic nitrogens is 4. The number of rotatable bonds is 5. The normalized spacial score (nSPS) is 12.7. The number of carbonyl (C=O) groups is 1. The largest absolute Gasteiger partial charge is 0.454 e. The maximum Gasteiger partial charge on any atom is 0.367 e. The van der Waals surface area contributed by atoms with Crippen LogP contribution >= 0.6 is 11.8 Å². The summed E-state index contributed by atoms with van der Waals surface area (Å²) < 4.78 is 12.8. The molecule has 1 aromatic carbocycles. The summed E-state index contributed by atoms with van der Waals surface area (Å²) in [5.41, 5.74) is 0.482. The molecule has 1 N–H and O–H groups in total. The van der Waals surface area contributed by atoms with Crippen LogP contribution in [0.25, 0.3) is 5.65 Å². The average Bonchev–Trinajstić information content (AvgIpc) is 3.19. The molecule has 0 saturated carbocycles. The molecule has 0 aliphatic carbocycles. The number of nitrogens with zero attached hydrogens (tertiary/aromatic N) is 4. The molecule has 0 spiro atoms. The van der Waals surface area contributed by atoms with Crippen LogP contribution in [0.2, 0.25) is 0 Å². The maximum absolute atomic E-state index is 12.5. The van der Waals surface area contributed by atoms with Crippen LogP contribution < -0.4 is 20.5 Å². The van der Waals surface area contributed by atoms with Crippen LogP contribution in [0, 0.1) is 0 Å². The van der Waals surface area contributed by atoms with Gasteiger partial charge in [0.25, 0.3) is 0 Å². The first-order valence-electron chi connectivity index (χ1n) is 8.32. The molecule has 27 heavy (non-hydrogen) atoms. The first-order chi connectivity index (χ1) is 13.0. The Labute approximate surface area is 158 Å². The number of carbonyl (C=O) groups excluding carboxylic acids is 1. The maximum atomic E-state index is 12.5. The van der Waals surface area contributed by atoms with E-state index < -0.39 is 5.69 Å². The summed E-state index contributed by atoms with van der Waals surface area (Å²) in [6.07, 6.45) is 0. The molecular weight excluding hydrogens is 370 g/mol. The molecule has 0 unspecified atom stereocenters. The zero-order valence-corrected chi connectivity index (χ0v) is 15.5. The van der Waals surface area contributed by atoms with Crippen LogP contribution in [0.15, 0.2) is 40.2 Å². The molecule has 9 nitrogen and oxygen atoms in total. The molecule has 1 aliphatic heterocycles. The lowest BCUT2D eigenvalue weighted by molar-refractivity contribution is -0.117. The van der Waals surface area contributed by atoms with E-state index >= 15 is 0 Å². The van der Waals surface area contributed by atoms with Crippen LogP contribution in [0.4, 0.5) is 5.69 Å². The van der Waals surface area contributed by atoms with E-state index in [4.69, 9.17) is 9.47 Å². The minimum Gasteiger partial charge on any atom is -0.454 e. The number of nitrogens with one attached hydrogen (secondary N) is 1. The Morgan fingerprint density at radius 3 is 2.85 bits per heavy atom. The summed E-state index contributed by atoms with van der Waals surface area (Å²) in [5.74, 6) is 0.818. The first-order valence-corrected chi connectivity index (χ1v) is 9.20. The number of hydrogen-bond acceptors (Lipinski definition) is 7. The van der Waals surface area contributed by atoms with Gasteiger partial charge in [-0.1, -0.05) is 13.8 Å². The third kappa shape index (κ3) is 3.61. The highest BCUT2D eigenvalue weighted by Crippen LogP contribution is 2.34. The van der Waals surface area contributed by atoms with Gasteiger partial charge in [-0.2, -0.15) is 9.61 Å². The van der Waals surface area contributed by atoms with Crippen molar-refractivity contribution in [3.8, 4) is 11.5 Å². The van der Waals surface area contributed by atoms with Gasteiger partial charge in [0.1, 0.15) is 11.6 Å². The van der Waals surface area contributed by atoms with E-state index in [9.17, 15) is 9.59 Å². The molecule has 3 aromatic rings. The van der Waals surface area contributed by atoms with Crippen LogP contribution in [-0.2, 0) is 11.3 Å². The van der Waals surface area contributed by atoms with Crippen molar-refractivity contribution < 1.29 is 14.3 Å². The lowest BCUT2D eigenvalue weighted by atomic mass is 10.3. The second-order valence-electron chi connectivity index (χ2n) is 6.16. The van der Waals surface area contributed by atoms with Crippen molar-refractivity contribution in [2.24, 2.45) is 0 Å². The predicted octanol–water partition coefficient (Wildman–Crippen LogP) is 1.76. The number of hydrogen-bond donors (Lipinski definition) is 1. The van der Waals surface area contributed by atoms with Gasteiger partial charge in [0.05, 0.1) is 0 Å². The molecule has 0 bridgehead atoms. The van der Waals surface area contributed by atoms with Crippen molar-refractivity contribution in [1.29, 1.82) is 0 Å². The average molecular weight is 387 g/mol. The van der Waals surface area contributed by atoms with E-state index in [-0.39, 0.29) is 19.2 Å². The fourth-order valence-corrected chi connectivity index (χ4v) is 3.37. The van der Waals surface area contributed by atoms with E-state index in [0.29, 0.717) is 28.1 Å². The Balaban J connectivity index is 1.51. The SMILES string of the molecule is CC(C)Sc1ccc2nn(CC(=O)Nc3ccc4c(c3)OCO4)c(=O)n2n1. The molecule has 4 rings (SSSR count). The van der Waals surface area contributed by atoms with Gasteiger partial charge < -0.3 is 14.8 Å². The summed E-state index contributed by atoms with van der Waals surface area (Å²) >= 11 is 1.55.